The van der Waals surface area contributed by atoms with Gasteiger partial charge in [-0.05, 0) is 30.5 Å². The van der Waals surface area contributed by atoms with Crippen LogP contribution in [0.5, 0.6) is 0 Å². The van der Waals surface area contributed by atoms with Crippen molar-refractivity contribution in [3.8, 4) is 0 Å². The monoisotopic (exact) mass is 275 g/mol. The SMILES string of the molecule is CCc1ccc2c(c1)n(C)n2C(CCC=O)C(=O)NC. The molecule has 0 saturated carbocycles. The Hall–Kier alpha value is -2.04. The number of fused-ring (bicyclic) bond motifs is 1. The molecule has 0 bridgehead atoms. The maximum Gasteiger partial charge on any atom is 0.244 e. The second-order valence-electron chi connectivity index (χ2n) is 4.92. The molecule has 2 aromatic rings. The van der Waals surface area contributed by atoms with Gasteiger partial charge in [-0.3, -0.25) is 14.2 Å². The molecule has 0 aliphatic rings. The van der Waals surface area contributed by atoms with E-state index in [9.17, 15) is 9.59 Å². The Kier molecular flexibility index (Phi) is 4.27. The van der Waals surface area contributed by atoms with Gasteiger partial charge in [0.2, 0.25) is 5.91 Å². The van der Waals surface area contributed by atoms with Crippen LogP contribution < -0.4 is 5.32 Å². The molecule has 2 rings (SSSR count). The van der Waals surface area contributed by atoms with Gasteiger partial charge in [-0.1, -0.05) is 13.0 Å². The molecule has 1 aromatic heterocycles. The fourth-order valence-electron chi connectivity index (χ4n) is 2.61. The summed E-state index contributed by atoms with van der Waals surface area (Å²) in [7, 11) is 3.57. The zero-order valence-electron chi connectivity index (χ0n) is 12.2. The molecule has 5 heteroatoms. The van der Waals surface area contributed by atoms with Crippen LogP contribution in [0.15, 0.2) is 18.2 Å². The van der Waals surface area contributed by atoms with Crippen LogP contribution in [-0.2, 0) is 23.1 Å². The molecule has 0 fully saturated rings. The number of carbonyl (C=O) groups excluding carboxylic acids is 2. The van der Waals surface area contributed by atoms with E-state index in [4.69, 9.17) is 0 Å². The van der Waals surface area contributed by atoms with Gasteiger partial charge in [0.1, 0.15) is 12.3 Å². The molecule has 0 aliphatic heterocycles. The molecule has 1 aromatic carbocycles. The molecule has 0 radical (unpaired) electrons. The summed E-state index contributed by atoms with van der Waals surface area (Å²) in [6.07, 6.45) is 2.75. The van der Waals surface area contributed by atoms with Crippen molar-refractivity contribution in [2.24, 2.45) is 7.05 Å². The van der Waals surface area contributed by atoms with Crippen LogP contribution in [0.2, 0.25) is 0 Å². The molecule has 108 valence electrons. The van der Waals surface area contributed by atoms with Crippen LogP contribution in [-0.4, -0.2) is 28.6 Å². The van der Waals surface area contributed by atoms with E-state index < -0.39 is 0 Å². The van der Waals surface area contributed by atoms with Crippen molar-refractivity contribution in [2.45, 2.75) is 32.2 Å². The molecule has 1 N–H and O–H groups in total. The molecule has 0 spiro atoms. The van der Waals surface area contributed by atoms with Gasteiger partial charge in [0.15, 0.2) is 0 Å². The molecular weight excluding hydrogens is 254 g/mol. The second-order valence-corrected chi connectivity index (χ2v) is 4.92. The number of benzene rings is 1. The minimum absolute atomic E-state index is 0.0658. The van der Waals surface area contributed by atoms with Gasteiger partial charge in [-0.15, -0.1) is 0 Å². The number of hydrogen-bond acceptors (Lipinski definition) is 2. The number of aldehydes is 1. The summed E-state index contributed by atoms with van der Waals surface area (Å²) in [5.41, 5.74) is 3.45. The lowest BCUT2D eigenvalue weighted by Crippen LogP contribution is -2.36. The summed E-state index contributed by atoms with van der Waals surface area (Å²) >= 11 is 0. The Morgan fingerprint density at radius 2 is 2.15 bits per heavy atom. The molecule has 0 saturated heterocycles. The van der Waals surface area contributed by atoms with E-state index in [1.807, 2.05) is 22.5 Å². The van der Waals surface area contributed by atoms with Crippen LogP contribution >= 0.6 is 0 Å². The molecule has 5 nitrogen and oxygen atoms in total. The van der Waals surface area contributed by atoms with Crippen molar-refractivity contribution in [1.82, 2.24) is 14.7 Å². The van der Waals surface area contributed by atoms with Gasteiger partial charge < -0.3 is 10.1 Å². The Morgan fingerprint density at radius 1 is 1.40 bits per heavy atom. The smallest absolute Gasteiger partial charge is 0.244 e. The fourth-order valence-corrected chi connectivity index (χ4v) is 2.61. The number of likely N-dealkylation sites (N-methyl/N-ethyl adjacent to an activating group) is 1. The van der Waals surface area contributed by atoms with Crippen LogP contribution in [0.4, 0.5) is 0 Å². The zero-order chi connectivity index (χ0) is 14.7. The first-order valence-electron chi connectivity index (χ1n) is 6.95. The van der Waals surface area contributed by atoms with Crippen molar-refractivity contribution in [2.75, 3.05) is 7.05 Å². The zero-order valence-corrected chi connectivity index (χ0v) is 12.2. The quantitative estimate of drug-likeness (QED) is 0.817. The average Bonchev–Trinajstić information content (AvgIpc) is 2.49. The first-order valence-corrected chi connectivity index (χ1v) is 6.95. The number of carbonyl (C=O) groups is 2. The van der Waals surface area contributed by atoms with Crippen LogP contribution in [0, 0.1) is 0 Å². The first-order chi connectivity index (χ1) is 9.63. The van der Waals surface area contributed by atoms with Crippen molar-refractivity contribution in [3.63, 3.8) is 0 Å². The maximum atomic E-state index is 12.0. The molecular formula is C15H21N3O2. The number of aromatic nitrogens is 2. The topological polar surface area (TPSA) is 56.0 Å². The normalized spacial score (nSPS) is 12.6. The van der Waals surface area contributed by atoms with Crippen LogP contribution in [0.3, 0.4) is 0 Å². The highest BCUT2D eigenvalue weighted by atomic mass is 16.2. The average molecular weight is 275 g/mol. The minimum Gasteiger partial charge on any atom is -0.357 e. The highest BCUT2D eigenvalue weighted by Crippen LogP contribution is 2.26. The predicted octanol–water partition coefficient (Wildman–Crippen LogP) is 1.81. The van der Waals surface area contributed by atoms with E-state index in [1.165, 1.54) is 5.56 Å². The van der Waals surface area contributed by atoms with Gasteiger partial charge >= 0.3 is 0 Å². The molecule has 0 aliphatic carbocycles. The van der Waals surface area contributed by atoms with E-state index in [-0.39, 0.29) is 11.9 Å². The number of hydrogen-bond donors (Lipinski definition) is 1. The van der Waals surface area contributed by atoms with E-state index in [1.54, 1.807) is 7.05 Å². The highest BCUT2D eigenvalue weighted by molar-refractivity contribution is 5.85. The minimum atomic E-state index is -0.338. The Morgan fingerprint density at radius 3 is 2.75 bits per heavy atom. The molecule has 20 heavy (non-hydrogen) atoms. The number of rotatable bonds is 6. The van der Waals surface area contributed by atoms with Gasteiger partial charge in [0.25, 0.3) is 0 Å². The predicted molar refractivity (Wildman–Crippen MR) is 78.7 cm³/mol. The third kappa shape index (κ3) is 2.35. The largest absolute Gasteiger partial charge is 0.357 e. The van der Waals surface area contributed by atoms with Crippen LogP contribution in [0.25, 0.3) is 11.0 Å². The Balaban J connectivity index is 2.40. The van der Waals surface area contributed by atoms with Gasteiger partial charge in [-0.25, -0.2) is 0 Å². The van der Waals surface area contributed by atoms with E-state index in [0.717, 1.165) is 23.7 Å². The van der Waals surface area contributed by atoms with E-state index >= 15 is 0 Å². The van der Waals surface area contributed by atoms with Gasteiger partial charge in [-0.2, -0.15) is 0 Å². The molecule has 1 atom stereocenters. The lowest BCUT2D eigenvalue weighted by atomic mass is 10.1. The first kappa shape index (κ1) is 14.4. The van der Waals surface area contributed by atoms with Crippen molar-refractivity contribution < 1.29 is 9.59 Å². The molecule has 1 unspecified atom stereocenters. The fraction of sp³-hybridized carbons (Fsp3) is 0.467. The number of amides is 1. The molecule has 1 heterocycles. The van der Waals surface area contributed by atoms with Gasteiger partial charge in [0.05, 0.1) is 11.0 Å². The Bertz CT molecular complexity index is 624. The summed E-state index contributed by atoms with van der Waals surface area (Å²) < 4.78 is 3.94. The van der Waals surface area contributed by atoms with Gasteiger partial charge in [0, 0.05) is 20.5 Å². The highest BCUT2D eigenvalue weighted by Gasteiger charge is 2.24. The number of nitrogens with one attached hydrogen (secondary N) is 1. The lowest BCUT2D eigenvalue weighted by molar-refractivity contribution is -0.124. The third-order valence-electron chi connectivity index (χ3n) is 3.77. The van der Waals surface area contributed by atoms with Crippen molar-refractivity contribution in [3.05, 3.63) is 23.8 Å². The standard InChI is InChI=1S/C15H21N3O2/c1-4-11-7-8-12-14(10-11)17(3)18(12)13(6-5-9-19)15(20)16-2/h7-10,13H,4-6H2,1-3H3,(H,16,20). The van der Waals surface area contributed by atoms with E-state index in [2.05, 4.69) is 24.4 Å². The second kappa shape index (κ2) is 5.94. The summed E-state index contributed by atoms with van der Waals surface area (Å²) in [5.74, 6) is -0.0658. The summed E-state index contributed by atoms with van der Waals surface area (Å²) in [5, 5.41) is 2.67. The Labute approximate surface area is 118 Å². The molecule has 1 amide bonds. The van der Waals surface area contributed by atoms with Crippen LogP contribution in [0.1, 0.15) is 31.4 Å². The summed E-state index contributed by atoms with van der Waals surface area (Å²) in [6.45, 7) is 2.12. The van der Waals surface area contributed by atoms with Crippen molar-refractivity contribution >= 4 is 23.2 Å². The van der Waals surface area contributed by atoms with Crippen molar-refractivity contribution in [1.29, 1.82) is 0 Å². The van der Waals surface area contributed by atoms with E-state index in [0.29, 0.717) is 12.8 Å². The maximum absolute atomic E-state index is 12.0. The lowest BCUT2D eigenvalue weighted by Gasteiger charge is -2.30. The third-order valence-corrected chi connectivity index (χ3v) is 3.77. The number of aryl methyl sites for hydroxylation is 2. The summed E-state index contributed by atoms with van der Waals surface area (Å²) in [6, 6.07) is 5.94. The summed E-state index contributed by atoms with van der Waals surface area (Å²) in [4.78, 5) is 22.6. The number of nitrogens with zero attached hydrogens (tertiary/aromatic N) is 2.